The molecule has 0 radical (unpaired) electrons. The fourth-order valence-corrected chi connectivity index (χ4v) is 3.18. The number of pyridine rings is 1. The van der Waals surface area contributed by atoms with Crippen molar-refractivity contribution < 1.29 is 19.1 Å². The number of anilines is 1. The number of hydrogen-bond acceptors (Lipinski definition) is 5. The zero-order valence-corrected chi connectivity index (χ0v) is 15.8. The second-order valence-electron chi connectivity index (χ2n) is 6.67. The molecule has 0 spiro atoms. The fourth-order valence-electron chi connectivity index (χ4n) is 3.18. The van der Waals surface area contributed by atoms with Gasteiger partial charge in [0.2, 0.25) is 5.91 Å². The van der Waals surface area contributed by atoms with Crippen LogP contribution in [0.1, 0.15) is 28.8 Å². The van der Waals surface area contributed by atoms with E-state index in [9.17, 15) is 9.59 Å². The van der Waals surface area contributed by atoms with Crippen molar-refractivity contribution in [2.45, 2.75) is 19.4 Å². The van der Waals surface area contributed by atoms with E-state index >= 15 is 0 Å². The highest BCUT2D eigenvalue weighted by atomic mass is 16.5. The molecule has 1 fully saturated rings. The van der Waals surface area contributed by atoms with Crippen LogP contribution in [-0.4, -0.2) is 23.4 Å². The molecule has 1 aromatic heterocycles. The zero-order chi connectivity index (χ0) is 20.1. The van der Waals surface area contributed by atoms with Crippen molar-refractivity contribution in [1.29, 1.82) is 0 Å². The molecular weight excluding hydrogens is 368 g/mol. The topological polar surface area (TPSA) is 68.7 Å². The largest absolute Gasteiger partial charge is 0.457 e. The molecule has 2 aromatic carbocycles. The van der Waals surface area contributed by atoms with Crippen LogP contribution in [0.5, 0.6) is 11.5 Å². The molecule has 29 heavy (non-hydrogen) atoms. The summed E-state index contributed by atoms with van der Waals surface area (Å²) in [6, 6.07) is 17.9. The van der Waals surface area contributed by atoms with Crippen molar-refractivity contribution in [3.63, 3.8) is 0 Å². The van der Waals surface area contributed by atoms with E-state index in [-0.39, 0.29) is 12.5 Å². The summed E-state index contributed by atoms with van der Waals surface area (Å²) < 4.78 is 11.3. The van der Waals surface area contributed by atoms with Gasteiger partial charge < -0.3 is 14.4 Å². The van der Waals surface area contributed by atoms with Gasteiger partial charge >= 0.3 is 5.97 Å². The maximum Gasteiger partial charge on any atom is 0.338 e. The summed E-state index contributed by atoms with van der Waals surface area (Å²) in [6.07, 6.45) is 4.73. The highest BCUT2D eigenvalue weighted by Gasteiger charge is 2.21. The number of hydrogen-bond donors (Lipinski definition) is 0. The number of ether oxygens (including phenoxy) is 2. The van der Waals surface area contributed by atoms with Crippen molar-refractivity contribution >= 4 is 17.6 Å². The first-order chi connectivity index (χ1) is 14.2. The first-order valence-corrected chi connectivity index (χ1v) is 9.44. The van der Waals surface area contributed by atoms with E-state index < -0.39 is 5.97 Å². The molecule has 146 valence electrons. The Morgan fingerprint density at radius 3 is 2.59 bits per heavy atom. The molecule has 0 unspecified atom stereocenters. The minimum Gasteiger partial charge on any atom is -0.457 e. The summed E-state index contributed by atoms with van der Waals surface area (Å²) in [5.74, 6) is 0.903. The van der Waals surface area contributed by atoms with E-state index in [2.05, 4.69) is 4.98 Å². The van der Waals surface area contributed by atoms with Crippen LogP contribution in [0.25, 0.3) is 0 Å². The van der Waals surface area contributed by atoms with Crippen LogP contribution in [0, 0.1) is 0 Å². The molecule has 1 aliphatic heterocycles. The zero-order valence-electron chi connectivity index (χ0n) is 15.8. The van der Waals surface area contributed by atoms with Gasteiger partial charge in [0.05, 0.1) is 11.8 Å². The smallest absolute Gasteiger partial charge is 0.338 e. The van der Waals surface area contributed by atoms with E-state index in [0.717, 1.165) is 24.2 Å². The third-order valence-corrected chi connectivity index (χ3v) is 4.68. The van der Waals surface area contributed by atoms with Gasteiger partial charge in [-0.1, -0.05) is 18.2 Å². The van der Waals surface area contributed by atoms with Gasteiger partial charge in [-0.3, -0.25) is 9.78 Å². The lowest BCUT2D eigenvalue weighted by atomic mass is 10.2. The van der Waals surface area contributed by atoms with Crippen molar-refractivity contribution in [1.82, 2.24) is 4.98 Å². The molecule has 0 saturated carbocycles. The molecule has 1 amide bonds. The average molecular weight is 388 g/mol. The van der Waals surface area contributed by atoms with Crippen LogP contribution in [0.3, 0.4) is 0 Å². The molecule has 6 nitrogen and oxygen atoms in total. The third-order valence-electron chi connectivity index (χ3n) is 4.68. The standard InChI is InChI=1S/C23H20N2O4/c26-22-8-4-14-25(22)19-11-9-17(10-12-19)23(27)28-16-18-5-1-2-7-21(18)29-20-6-3-13-24-15-20/h1-3,5-7,9-13,15H,4,8,14,16H2. The number of para-hydroxylation sites is 1. The van der Waals surface area contributed by atoms with Crippen LogP contribution >= 0.6 is 0 Å². The molecule has 0 atom stereocenters. The first kappa shape index (κ1) is 18.7. The highest BCUT2D eigenvalue weighted by Crippen LogP contribution is 2.26. The summed E-state index contributed by atoms with van der Waals surface area (Å²) in [6.45, 7) is 0.804. The lowest BCUT2D eigenvalue weighted by Crippen LogP contribution is -2.23. The van der Waals surface area contributed by atoms with Gasteiger partial charge in [-0.15, -0.1) is 0 Å². The van der Waals surface area contributed by atoms with Crippen LogP contribution in [-0.2, 0) is 16.1 Å². The Kier molecular flexibility index (Phi) is 5.52. The molecule has 4 rings (SSSR count). The first-order valence-electron chi connectivity index (χ1n) is 9.44. The number of carbonyl (C=O) groups is 2. The minimum absolute atomic E-state index is 0.0850. The van der Waals surface area contributed by atoms with Crippen molar-refractivity contribution in [3.05, 3.63) is 84.2 Å². The summed E-state index contributed by atoms with van der Waals surface area (Å²) in [7, 11) is 0. The molecule has 6 heteroatoms. The van der Waals surface area contributed by atoms with Crippen LogP contribution < -0.4 is 9.64 Å². The quantitative estimate of drug-likeness (QED) is 0.587. The monoisotopic (exact) mass is 388 g/mol. The number of esters is 1. The molecule has 2 heterocycles. The molecule has 1 aliphatic rings. The number of benzene rings is 2. The molecular formula is C23H20N2O4. The van der Waals surface area contributed by atoms with Crippen LogP contribution in [0.4, 0.5) is 5.69 Å². The number of nitrogens with zero attached hydrogens (tertiary/aromatic N) is 2. The summed E-state index contributed by atoms with van der Waals surface area (Å²) in [5.41, 5.74) is 1.99. The van der Waals surface area contributed by atoms with E-state index in [4.69, 9.17) is 9.47 Å². The number of rotatable bonds is 6. The van der Waals surface area contributed by atoms with Crippen LogP contribution in [0.2, 0.25) is 0 Å². The Hall–Kier alpha value is -3.67. The van der Waals surface area contributed by atoms with E-state index in [1.165, 1.54) is 0 Å². The summed E-state index contributed by atoms with van der Waals surface area (Å²) in [4.78, 5) is 30.0. The Labute approximate surface area is 168 Å². The maximum atomic E-state index is 12.4. The second kappa shape index (κ2) is 8.56. The SMILES string of the molecule is O=C(OCc1ccccc1Oc1cccnc1)c1ccc(N2CCCC2=O)cc1. The number of amides is 1. The van der Waals surface area contributed by atoms with Gasteiger partial charge in [0.15, 0.2) is 0 Å². The van der Waals surface area contributed by atoms with Gasteiger partial charge in [-0.05, 0) is 48.9 Å². The van der Waals surface area contributed by atoms with E-state index in [1.807, 2.05) is 30.3 Å². The normalized spacial score (nSPS) is 13.4. The predicted molar refractivity (Wildman–Crippen MR) is 108 cm³/mol. The molecule has 0 bridgehead atoms. The van der Waals surface area contributed by atoms with Gasteiger partial charge in [0, 0.05) is 30.4 Å². The lowest BCUT2D eigenvalue weighted by Gasteiger charge is -2.16. The Morgan fingerprint density at radius 2 is 1.86 bits per heavy atom. The van der Waals surface area contributed by atoms with Crippen molar-refractivity contribution in [2.24, 2.45) is 0 Å². The minimum atomic E-state index is -0.430. The van der Waals surface area contributed by atoms with Crippen molar-refractivity contribution in [3.8, 4) is 11.5 Å². The summed E-state index contributed by atoms with van der Waals surface area (Å²) in [5, 5.41) is 0. The molecule has 0 N–H and O–H groups in total. The maximum absolute atomic E-state index is 12.4. The average Bonchev–Trinajstić information content (AvgIpc) is 3.19. The van der Waals surface area contributed by atoms with E-state index in [1.54, 1.807) is 47.6 Å². The van der Waals surface area contributed by atoms with Gasteiger partial charge in [-0.25, -0.2) is 4.79 Å². The van der Waals surface area contributed by atoms with Gasteiger partial charge in [0.1, 0.15) is 18.1 Å². The highest BCUT2D eigenvalue weighted by molar-refractivity contribution is 5.96. The lowest BCUT2D eigenvalue weighted by molar-refractivity contribution is -0.117. The predicted octanol–water partition coefficient (Wildman–Crippen LogP) is 4.36. The summed E-state index contributed by atoms with van der Waals surface area (Å²) >= 11 is 0. The molecule has 3 aromatic rings. The fraction of sp³-hybridized carbons (Fsp3) is 0.174. The van der Waals surface area contributed by atoms with E-state index in [0.29, 0.717) is 23.5 Å². The molecule has 0 aliphatic carbocycles. The van der Waals surface area contributed by atoms with Gasteiger partial charge in [-0.2, -0.15) is 0 Å². The van der Waals surface area contributed by atoms with Crippen molar-refractivity contribution in [2.75, 3.05) is 11.4 Å². The third kappa shape index (κ3) is 4.43. The Bertz CT molecular complexity index is 1000. The number of carbonyl (C=O) groups excluding carboxylic acids is 2. The van der Waals surface area contributed by atoms with Gasteiger partial charge in [0.25, 0.3) is 0 Å². The van der Waals surface area contributed by atoms with Crippen LogP contribution in [0.15, 0.2) is 73.1 Å². The Morgan fingerprint density at radius 1 is 1.03 bits per heavy atom. The Balaban J connectivity index is 1.40. The number of aromatic nitrogens is 1. The molecule has 1 saturated heterocycles. The second-order valence-corrected chi connectivity index (χ2v) is 6.67.